The molecule has 0 saturated carbocycles. The summed E-state index contributed by atoms with van der Waals surface area (Å²) in [5.74, 6) is -3.24. The van der Waals surface area contributed by atoms with Crippen LogP contribution in [0.3, 0.4) is 0 Å². The van der Waals surface area contributed by atoms with Crippen LogP contribution in [0.25, 0.3) is 0 Å². The number of nitrogens with one attached hydrogen (secondary N) is 1. The fraction of sp³-hybridized carbons (Fsp3) is 0.176. The van der Waals surface area contributed by atoms with Gasteiger partial charge in [-0.3, -0.25) is 14.9 Å². The minimum atomic E-state index is -1.03. The molecule has 122 valence electrons. The third-order valence-electron chi connectivity index (χ3n) is 3.95. The van der Waals surface area contributed by atoms with E-state index in [0.29, 0.717) is 5.56 Å². The molecule has 24 heavy (non-hydrogen) atoms. The lowest BCUT2D eigenvalue weighted by molar-refractivity contribution is -0.713. The van der Waals surface area contributed by atoms with Crippen molar-refractivity contribution in [2.45, 2.75) is 12.0 Å². The number of aromatic nitrogens is 1. The van der Waals surface area contributed by atoms with Crippen LogP contribution in [0.2, 0.25) is 0 Å². The van der Waals surface area contributed by atoms with E-state index in [9.17, 15) is 19.2 Å². The van der Waals surface area contributed by atoms with E-state index in [0.717, 1.165) is 0 Å². The second kappa shape index (κ2) is 7.20. The van der Waals surface area contributed by atoms with E-state index in [2.05, 4.69) is 5.32 Å². The predicted molar refractivity (Wildman–Crippen MR) is 77.1 cm³/mol. The summed E-state index contributed by atoms with van der Waals surface area (Å²) in [4.78, 5) is 24.4. The number of piperidine rings is 1. The molecule has 2 aromatic rings. The van der Waals surface area contributed by atoms with Gasteiger partial charge in [-0.15, -0.1) is 0 Å². The zero-order valence-electron chi connectivity index (χ0n) is 12.4. The Hall–Kier alpha value is -2.78. The van der Waals surface area contributed by atoms with Crippen LogP contribution in [-0.2, 0) is 9.59 Å². The minimum Gasteiger partial charge on any atom is -1.00 e. The summed E-state index contributed by atoms with van der Waals surface area (Å²) in [6.07, 6.45) is 3.40. The molecule has 1 aliphatic heterocycles. The maximum absolute atomic E-state index is 13.2. The molecule has 1 aromatic heterocycles. The molecule has 1 N–H and O–H groups in total. The average molecular weight is 346 g/mol. The lowest BCUT2D eigenvalue weighted by Crippen LogP contribution is -3.00. The third kappa shape index (κ3) is 3.12. The van der Waals surface area contributed by atoms with Crippen LogP contribution in [-0.4, -0.2) is 11.8 Å². The number of amides is 2. The standard InChI is InChI=1S/C17H12FN3O2.ClH/c18-12-6-4-11(5-7-12)14-13(10-19)16(22)20-17(23)15(14)21-8-2-1-3-9-21;/h1-9,13-15H;1H. The first kappa shape index (κ1) is 17.6. The Labute approximate surface area is 144 Å². The lowest BCUT2D eigenvalue weighted by Gasteiger charge is -2.29. The molecule has 0 radical (unpaired) electrons. The van der Waals surface area contributed by atoms with Gasteiger partial charge in [-0.2, -0.15) is 9.83 Å². The minimum absolute atomic E-state index is 0. The molecule has 2 heterocycles. The summed E-state index contributed by atoms with van der Waals surface area (Å²) in [5, 5.41) is 11.6. The number of nitriles is 1. The predicted octanol–water partition coefficient (Wildman–Crippen LogP) is -1.76. The highest BCUT2D eigenvalue weighted by atomic mass is 35.5. The molecule has 3 atom stereocenters. The van der Waals surface area contributed by atoms with Gasteiger partial charge < -0.3 is 12.4 Å². The Morgan fingerprint density at radius 2 is 1.67 bits per heavy atom. The first-order chi connectivity index (χ1) is 11.1. The molecule has 5 nitrogen and oxygen atoms in total. The highest BCUT2D eigenvalue weighted by Gasteiger charge is 2.50. The van der Waals surface area contributed by atoms with Gasteiger partial charge in [0.1, 0.15) is 11.7 Å². The van der Waals surface area contributed by atoms with Crippen molar-refractivity contribution in [3.63, 3.8) is 0 Å². The zero-order valence-corrected chi connectivity index (χ0v) is 13.2. The summed E-state index contributed by atoms with van der Waals surface area (Å²) in [5.41, 5.74) is 0.572. The van der Waals surface area contributed by atoms with Gasteiger partial charge in [0.25, 0.3) is 5.91 Å². The molecule has 0 aliphatic carbocycles. The summed E-state index contributed by atoms with van der Waals surface area (Å²) >= 11 is 0. The average Bonchev–Trinajstić information content (AvgIpc) is 2.56. The van der Waals surface area contributed by atoms with Gasteiger partial charge in [0, 0.05) is 12.1 Å². The van der Waals surface area contributed by atoms with Crippen LogP contribution in [0.4, 0.5) is 4.39 Å². The van der Waals surface area contributed by atoms with E-state index in [1.807, 2.05) is 6.07 Å². The van der Waals surface area contributed by atoms with Crippen molar-refractivity contribution >= 4 is 11.8 Å². The molecule has 1 fully saturated rings. The number of carbonyl (C=O) groups excluding carboxylic acids is 2. The van der Waals surface area contributed by atoms with E-state index < -0.39 is 35.5 Å². The van der Waals surface area contributed by atoms with Crippen LogP contribution < -0.4 is 22.3 Å². The summed E-state index contributed by atoms with van der Waals surface area (Å²) in [6.45, 7) is 0. The van der Waals surface area contributed by atoms with Crippen LogP contribution in [0, 0.1) is 23.1 Å². The van der Waals surface area contributed by atoms with Crippen LogP contribution in [0.5, 0.6) is 0 Å². The van der Waals surface area contributed by atoms with Crippen molar-refractivity contribution in [2.24, 2.45) is 5.92 Å². The summed E-state index contributed by atoms with van der Waals surface area (Å²) < 4.78 is 14.8. The molecule has 0 spiro atoms. The first-order valence-corrected chi connectivity index (χ1v) is 7.07. The molecular formula is C17H13ClFN3O2. The molecular weight excluding hydrogens is 333 g/mol. The Morgan fingerprint density at radius 3 is 2.25 bits per heavy atom. The number of halogens is 2. The fourth-order valence-electron chi connectivity index (χ4n) is 2.90. The molecule has 3 unspecified atom stereocenters. The third-order valence-corrected chi connectivity index (χ3v) is 3.95. The number of nitrogens with zero attached hydrogens (tertiary/aromatic N) is 2. The van der Waals surface area contributed by atoms with Crippen molar-refractivity contribution in [3.8, 4) is 6.07 Å². The second-order valence-corrected chi connectivity index (χ2v) is 5.31. The Bertz CT molecular complexity index is 790. The monoisotopic (exact) mass is 345 g/mol. The van der Waals surface area contributed by atoms with E-state index in [1.54, 1.807) is 35.2 Å². The van der Waals surface area contributed by atoms with Crippen LogP contribution in [0.15, 0.2) is 54.9 Å². The maximum atomic E-state index is 13.2. The number of pyridine rings is 1. The molecule has 1 aromatic carbocycles. The lowest BCUT2D eigenvalue weighted by atomic mass is 9.77. The van der Waals surface area contributed by atoms with Crippen molar-refractivity contribution in [1.29, 1.82) is 5.26 Å². The van der Waals surface area contributed by atoms with E-state index in [1.165, 1.54) is 24.3 Å². The van der Waals surface area contributed by atoms with E-state index >= 15 is 0 Å². The van der Waals surface area contributed by atoms with Gasteiger partial charge >= 0.3 is 0 Å². The van der Waals surface area contributed by atoms with Gasteiger partial charge in [0.05, 0.1) is 12.0 Å². The van der Waals surface area contributed by atoms with Gasteiger partial charge in [0.2, 0.25) is 11.9 Å². The molecule has 2 amide bonds. The van der Waals surface area contributed by atoms with E-state index in [4.69, 9.17) is 0 Å². The number of carbonyl (C=O) groups is 2. The molecule has 3 rings (SSSR count). The Morgan fingerprint density at radius 1 is 1.04 bits per heavy atom. The Kier molecular flexibility index (Phi) is 5.27. The van der Waals surface area contributed by atoms with Gasteiger partial charge in [-0.05, 0) is 17.7 Å². The molecule has 0 bridgehead atoms. The Balaban J connectivity index is 0.00000208. The fourth-order valence-corrected chi connectivity index (χ4v) is 2.90. The normalized spacial score (nSPS) is 22.9. The van der Waals surface area contributed by atoms with Crippen LogP contribution in [0.1, 0.15) is 17.5 Å². The smallest absolute Gasteiger partial charge is 0.296 e. The molecule has 7 heteroatoms. The van der Waals surface area contributed by atoms with Crippen molar-refractivity contribution < 1.29 is 31.0 Å². The first-order valence-electron chi connectivity index (χ1n) is 7.07. The highest BCUT2D eigenvalue weighted by molar-refractivity contribution is 6.02. The second-order valence-electron chi connectivity index (χ2n) is 5.31. The van der Waals surface area contributed by atoms with Crippen LogP contribution >= 0.6 is 0 Å². The summed E-state index contributed by atoms with van der Waals surface area (Å²) in [7, 11) is 0. The topological polar surface area (TPSA) is 73.8 Å². The number of hydrogen-bond acceptors (Lipinski definition) is 3. The van der Waals surface area contributed by atoms with Crippen molar-refractivity contribution in [3.05, 3.63) is 66.2 Å². The quantitative estimate of drug-likeness (QED) is 0.517. The number of benzene rings is 1. The van der Waals surface area contributed by atoms with Crippen molar-refractivity contribution in [2.75, 3.05) is 0 Å². The summed E-state index contributed by atoms with van der Waals surface area (Å²) in [6, 6.07) is 12.0. The van der Waals surface area contributed by atoms with Gasteiger partial charge in [-0.1, -0.05) is 18.2 Å². The van der Waals surface area contributed by atoms with Gasteiger partial charge in [-0.25, -0.2) is 4.39 Å². The number of hydrogen-bond donors (Lipinski definition) is 1. The number of rotatable bonds is 2. The van der Waals surface area contributed by atoms with Gasteiger partial charge in [0.15, 0.2) is 12.4 Å². The number of imide groups is 1. The largest absolute Gasteiger partial charge is 1.00 e. The molecule has 1 saturated heterocycles. The SMILES string of the molecule is N#CC1C(=O)NC(=O)C([n+]2ccccc2)C1c1ccc(F)cc1.[Cl-]. The van der Waals surface area contributed by atoms with Crippen molar-refractivity contribution in [1.82, 2.24) is 5.32 Å². The molecule has 1 aliphatic rings. The highest BCUT2D eigenvalue weighted by Crippen LogP contribution is 2.35. The van der Waals surface area contributed by atoms with E-state index in [-0.39, 0.29) is 12.4 Å². The zero-order chi connectivity index (χ0) is 16.4. The maximum Gasteiger partial charge on any atom is 0.296 e.